The summed E-state index contributed by atoms with van der Waals surface area (Å²) in [6.07, 6.45) is 3.66. The highest BCUT2D eigenvalue weighted by atomic mass is 16.6. The second kappa shape index (κ2) is 10.2. The van der Waals surface area contributed by atoms with Gasteiger partial charge in [0.2, 0.25) is 0 Å². The third kappa shape index (κ3) is 4.85. The average molecular weight is 601 g/mol. The molecule has 9 atom stereocenters. The fraction of sp³-hybridized carbons (Fsp3) is 0.735. The molecule has 43 heavy (non-hydrogen) atoms. The van der Waals surface area contributed by atoms with E-state index in [4.69, 9.17) is 9.47 Å². The van der Waals surface area contributed by atoms with E-state index >= 15 is 0 Å². The number of ketones is 3. The molecule has 0 aliphatic heterocycles. The number of aliphatic hydroxyl groups excluding tert-OH is 1. The SMILES string of the molecule is CC(=O)O[C@H]1C[C@@H]2C(=CC[C@@H]3[C@@]2(C)C(=O)C[C@]2(C)[C@@H]([C@@](C)(O)C(=O)/C=C/C(C)(C)OC(C)=O)[C@H](O)C[C@@]32C)C(C)(C)C1=O. The monoisotopic (exact) mass is 600 g/mol. The normalized spacial score (nSPS) is 40.1. The number of allylic oxidation sites excluding steroid dienone is 2. The summed E-state index contributed by atoms with van der Waals surface area (Å²) < 4.78 is 10.7. The lowest BCUT2D eigenvalue weighted by molar-refractivity contribution is -0.185. The van der Waals surface area contributed by atoms with E-state index in [0.29, 0.717) is 6.42 Å². The summed E-state index contributed by atoms with van der Waals surface area (Å²) in [4.78, 5) is 64.8. The molecule has 3 saturated carbocycles. The number of Topliss-reactive ketones (excluding diaryl/α,β-unsaturated/α-hetero) is 2. The Morgan fingerprint density at radius 1 is 1.00 bits per heavy atom. The molecule has 0 spiro atoms. The van der Waals surface area contributed by atoms with Gasteiger partial charge in [-0.15, -0.1) is 0 Å². The number of fused-ring (bicyclic) bond motifs is 5. The van der Waals surface area contributed by atoms with Gasteiger partial charge >= 0.3 is 11.9 Å². The number of esters is 2. The summed E-state index contributed by atoms with van der Waals surface area (Å²) in [6, 6.07) is 0. The topological polar surface area (TPSA) is 144 Å². The van der Waals surface area contributed by atoms with E-state index in [0.717, 1.165) is 5.57 Å². The molecule has 3 fully saturated rings. The van der Waals surface area contributed by atoms with Crippen LogP contribution in [0.4, 0.5) is 0 Å². The van der Waals surface area contributed by atoms with Crippen LogP contribution in [0.25, 0.3) is 0 Å². The molecule has 0 bridgehead atoms. The predicted octanol–water partition coefficient (Wildman–Crippen LogP) is 4.07. The zero-order valence-corrected chi connectivity index (χ0v) is 27.2. The minimum Gasteiger partial charge on any atom is -0.456 e. The number of hydrogen-bond acceptors (Lipinski definition) is 9. The van der Waals surface area contributed by atoms with Crippen molar-refractivity contribution in [1.82, 2.24) is 0 Å². The van der Waals surface area contributed by atoms with Crippen molar-refractivity contribution in [2.24, 2.45) is 39.4 Å². The van der Waals surface area contributed by atoms with Crippen LogP contribution in [-0.2, 0) is 33.4 Å². The molecule has 0 radical (unpaired) electrons. The number of ether oxygens (including phenoxy) is 2. The highest BCUT2D eigenvalue weighted by Gasteiger charge is 2.74. The van der Waals surface area contributed by atoms with E-state index in [1.54, 1.807) is 13.8 Å². The first-order valence-electron chi connectivity index (χ1n) is 15.3. The second-order valence-electron chi connectivity index (χ2n) is 15.3. The lowest BCUT2D eigenvalue weighted by Crippen LogP contribution is -2.65. The second-order valence-corrected chi connectivity index (χ2v) is 15.3. The smallest absolute Gasteiger partial charge is 0.303 e. The fourth-order valence-corrected chi connectivity index (χ4v) is 9.68. The molecule has 4 aliphatic carbocycles. The average Bonchev–Trinajstić information content (AvgIpc) is 3.05. The van der Waals surface area contributed by atoms with E-state index in [2.05, 4.69) is 6.08 Å². The van der Waals surface area contributed by atoms with E-state index in [1.165, 1.54) is 32.9 Å². The molecule has 4 aliphatic rings. The highest BCUT2D eigenvalue weighted by Crippen LogP contribution is 2.74. The maximum absolute atomic E-state index is 14.5. The quantitative estimate of drug-likeness (QED) is 0.262. The molecule has 238 valence electrons. The van der Waals surface area contributed by atoms with Gasteiger partial charge in [-0.1, -0.05) is 32.4 Å². The molecule has 0 aromatic carbocycles. The lowest BCUT2D eigenvalue weighted by Gasteiger charge is -2.64. The Morgan fingerprint density at radius 2 is 1.60 bits per heavy atom. The van der Waals surface area contributed by atoms with Crippen molar-refractivity contribution in [2.45, 2.75) is 118 Å². The van der Waals surface area contributed by atoms with Gasteiger partial charge in [-0.3, -0.25) is 24.0 Å². The van der Waals surface area contributed by atoms with Gasteiger partial charge in [0.25, 0.3) is 0 Å². The molecular formula is C34H48O9. The number of carbonyl (C=O) groups is 5. The molecule has 0 amide bonds. The fourth-order valence-electron chi connectivity index (χ4n) is 9.68. The van der Waals surface area contributed by atoms with Crippen LogP contribution < -0.4 is 0 Å². The Kier molecular flexibility index (Phi) is 7.88. The van der Waals surface area contributed by atoms with Gasteiger partial charge in [0.15, 0.2) is 17.7 Å². The molecule has 4 rings (SSSR count). The summed E-state index contributed by atoms with van der Waals surface area (Å²) in [5.41, 5.74) is -5.64. The molecule has 9 heteroatoms. The molecular weight excluding hydrogens is 552 g/mol. The molecule has 0 heterocycles. The van der Waals surface area contributed by atoms with Gasteiger partial charge in [-0.25, -0.2) is 0 Å². The zero-order chi connectivity index (χ0) is 32.7. The summed E-state index contributed by atoms with van der Waals surface area (Å²) >= 11 is 0. The summed E-state index contributed by atoms with van der Waals surface area (Å²) in [6.45, 7) is 16.7. The predicted molar refractivity (Wildman–Crippen MR) is 157 cm³/mol. The minimum atomic E-state index is -2.02. The van der Waals surface area contributed by atoms with Gasteiger partial charge in [0, 0.05) is 37.0 Å². The van der Waals surface area contributed by atoms with Crippen LogP contribution in [-0.4, -0.2) is 62.9 Å². The van der Waals surface area contributed by atoms with Crippen LogP contribution in [0.5, 0.6) is 0 Å². The van der Waals surface area contributed by atoms with Crippen molar-refractivity contribution >= 4 is 29.3 Å². The molecule has 2 N–H and O–H groups in total. The van der Waals surface area contributed by atoms with Gasteiger partial charge in [0.05, 0.1) is 6.10 Å². The van der Waals surface area contributed by atoms with E-state index in [-0.39, 0.29) is 42.7 Å². The third-order valence-electron chi connectivity index (χ3n) is 11.8. The third-order valence-corrected chi connectivity index (χ3v) is 11.8. The summed E-state index contributed by atoms with van der Waals surface area (Å²) in [5.74, 6) is -3.49. The van der Waals surface area contributed by atoms with E-state index < -0.39 is 68.7 Å². The Labute approximate surface area is 254 Å². The van der Waals surface area contributed by atoms with Crippen LogP contribution in [0.1, 0.15) is 94.9 Å². The van der Waals surface area contributed by atoms with Crippen molar-refractivity contribution in [1.29, 1.82) is 0 Å². The zero-order valence-electron chi connectivity index (χ0n) is 27.2. The largest absolute Gasteiger partial charge is 0.456 e. The van der Waals surface area contributed by atoms with Gasteiger partial charge in [-0.05, 0) is 88.7 Å². The van der Waals surface area contributed by atoms with Crippen molar-refractivity contribution in [3.05, 3.63) is 23.8 Å². The molecule has 9 nitrogen and oxygen atoms in total. The van der Waals surface area contributed by atoms with Crippen molar-refractivity contribution < 1.29 is 43.7 Å². The first-order valence-corrected chi connectivity index (χ1v) is 15.3. The van der Waals surface area contributed by atoms with Crippen LogP contribution in [0.2, 0.25) is 0 Å². The standard InChI is InChI=1S/C34H48O9/c1-18(35)42-23-15-21-20(30(5,6)28(23)40)11-12-24-31(7)16-22(37)27(32(31,8)17-26(39)33(21,24)9)34(10,41)25(38)13-14-29(3,4)43-19(2)36/h11,13-14,21-24,27,37,41H,12,15-17H2,1-10H3/b14-13+/t21-,22-,23+,24+,27+,31+,32-,33+,34+/m1/s1. The maximum Gasteiger partial charge on any atom is 0.303 e. The van der Waals surface area contributed by atoms with Crippen LogP contribution in [0.15, 0.2) is 23.8 Å². The lowest BCUT2D eigenvalue weighted by atomic mass is 9.38. The Morgan fingerprint density at radius 3 is 2.16 bits per heavy atom. The van der Waals surface area contributed by atoms with Gasteiger partial charge < -0.3 is 19.7 Å². The number of rotatable bonds is 6. The molecule has 0 aromatic heterocycles. The molecule has 0 aromatic rings. The highest BCUT2D eigenvalue weighted by molar-refractivity contribution is 5.98. The van der Waals surface area contributed by atoms with E-state index in [9.17, 15) is 34.2 Å². The van der Waals surface area contributed by atoms with Crippen molar-refractivity contribution in [3.8, 4) is 0 Å². The van der Waals surface area contributed by atoms with Crippen molar-refractivity contribution in [2.75, 3.05) is 0 Å². The number of carbonyl (C=O) groups excluding carboxylic acids is 5. The first kappa shape index (κ1) is 33.2. The van der Waals surface area contributed by atoms with Crippen LogP contribution >= 0.6 is 0 Å². The molecule has 0 saturated heterocycles. The van der Waals surface area contributed by atoms with Gasteiger partial charge in [0.1, 0.15) is 17.0 Å². The number of aliphatic hydroxyl groups is 2. The van der Waals surface area contributed by atoms with Gasteiger partial charge in [-0.2, -0.15) is 0 Å². The summed E-state index contributed by atoms with van der Waals surface area (Å²) in [5, 5.41) is 23.4. The Hall–Kier alpha value is -2.65. The Balaban J connectivity index is 1.75. The minimum absolute atomic E-state index is 0.0285. The summed E-state index contributed by atoms with van der Waals surface area (Å²) in [7, 11) is 0. The van der Waals surface area contributed by atoms with E-state index in [1.807, 2.05) is 34.6 Å². The maximum atomic E-state index is 14.5. The van der Waals surface area contributed by atoms with Crippen LogP contribution in [0.3, 0.4) is 0 Å². The molecule has 0 unspecified atom stereocenters. The van der Waals surface area contributed by atoms with Crippen LogP contribution in [0, 0.1) is 39.4 Å². The number of hydrogen-bond donors (Lipinski definition) is 2. The Bertz CT molecular complexity index is 1320. The van der Waals surface area contributed by atoms with Crippen molar-refractivity contribution in [3.63, 3.8) is 0 Å². The first-order chi connectivity index (χ1) is 19.5.